The molecule has 2 fully saturated rings. The topological polar surface area (TPSA) is 158 Å². The normalized spacial score (nSPS) is 22.2. The molecule has 0 aromatic heterocycles. The summed E-state index contributed by atoms with van der Waals surface area (Å²) in [6, 6.07) is 12.9. The fraction of sp³-hybridized carbons (Fsp3) is 0.519. The maximum absolute atomic E-state index is 13.5. The number of aliphatic hydroxyl groups excluding tert-OH is 1. The van der Waals surface area contributed by atoms with Gasteiger partial charge in [-0.3, -0.25) is 10.1 Å². The Morgan fingerprint density at radius 1 is 1.15 bits per heavy atom. The SMILES string of the molecule is CC(C)CN(C[C@@H](O)[C@H](Cc1ccccc1)NC(=O)OC1CO[C@H]2OCCC12)S(=O)(=O)c1ccc([N+](=O)[O-])cc1. The third-order valence-corrected chi connectivity index (χ3v) is 8.80. The smallest absolute Gasteiger partial charge is 0.407 e. The second-order valence-electron chi connectivity index (χ2n) is 10.4. The van der Waals surface area contributed by atoms with Gasteiger partial charge in [-0.25, -0.2) is 13.2 Å². The molecule has 2 aliphatic heterocycles. The highest BCUT2D eigenvalue weighted by atomic mass is 32.2. The van der Waals surface area contributed by atoms with Crippen LogP contribution in [0, 0.1) is 22.0 Å². The van der Waals surface area contributed by atoms with Gasteiger partial charge < -0.3 is 24.6 Å². The molecular formula is C27H35N3O9S. The van der Waals surface area contributed by atoms with Crippen molar-refractivity contribution in [2.75, 3.05) is 26.3 Å². The number of fused-ring (bicyclic) bond motifs is 1. The molecule has 0 radical (unpaired) electrons. The number of nitro groups is 1. The Labute approximate surface area is 233 Å². The van der Waals surface area contributed by atoms with Crippen LogP contribution in [0.1, 0.15) is 25.8 Å². The first-order valence-electron chi connectivity index (χ1n) is 13.2. The summed E-state index contributed by atoms with van der Waals surface area (Å²) in [6.07, 6.45) is -1.99. The average molecular weight is 578 g/mol. The maximum Gasteiger partial charge on any atom is 0.407 e. The number of aliphatic hydroxyl groups is 1. The number of nitro benzene ring substituents is 1. The first-order valence-corrected chi connectivity index (χ1v) is 14.7. The molecule has 2 unspecified atom stereocenters. The van der Waals surface area contributed by atoms with Gasteiger partial charge >= 0.3 is 6.09 Å². The quantitative estimate of drug-likeness (QED) is 0.286. The number of alkyl carbamates (subject to hydrolysis) is 1. The van der Waals surface area contributed by atoms with E-state index in [1.54, 1.807) is 0 Å². The van der Waals surface area contributed by atoms with Gasteiger partial charge in [-0.15, -0.1) is 0 Å². The van der Waals surface area contributed by atoms with E-state index in [1.807, 2.05) is 44.2 Å². The Morgan fingerprint density at radius 3 is 2.50 bits per heavy atom. The van der Waals surface area contributed by atoms with E-state index in [2.05, 4.69) is 5.32 Å². The number of non-ortho nitro benzene ring substituents is 1. The standard InChI is InChI=1S/C27H35N3O9S/c1-18(2)15-29(40(35,36)21-10-8-20(9-11-21)30(33)34)16-24(31)23(14-19-6-4-3-5-7-19)28-27(32)39-25-17-38-26-22(25)12-13-37-26/h3-11,18,22-26,31H,12-17H2,1-2H3,(H,28,32)/t22?,23-,24+,25?,26+/m0/s1. The number of hydrogen-bond donors (Lipinski definition) is 2. The first kappa shape index (κ1) is 29.9. The van der Waals surface area contributed by atoms with Gasteiger partial charge in [-0.05, 0) is 36.5 Å². The van der Waals surface area contributed by atoms with Crippen molar-refractivity contribution >= 4 is 21.8 Å². The van der Waals surface area contributed by atoms with Crippen molar-refractivity contribution in [3.05, 3.63) is 70.3 Å². The van der Waals surface area contributed by atoms with E-state index >= 15 is 0 Å². The number of rotatable bonds is 12. The summed E-state index contributed by atoms with van der Waals surface area (Å²) in [4.78, 5) is 23.2. The highest BCUT2D eigenvalue weighted by Crippen LogP contribution is 2.33. The van der Waals surface area contributed by atoms with E-state index in [0.29, 0.717) is 13.0 Å². The number of ether oxygens (including phenoxy) is 3. The molecule has 1 amide bonds. The van der Waals surface area contributed by atoms with Gasteiger partial charge in [0.1, 0.15) is 6.10 Å². The van der Waals surface area contributed by atoms with Crippen molar-refractivity contribution in [3.8, 4) is 0 Å². The molecule has 2 aromatic carbocycles. The molecule has 0 bridgehead atoms. The predicted octanol–water partition coefficient (Wildman–Crippen LogP) is 2.70. The lowest BCUT2D eigenvalue weighted by atomic mass is 10.0. The minimum absolute atomic E-state index is 0.0587. The molecule has 2 aromatic rings. The summed E-state index contributed by atoms with van der Waals surface area (Å²) >= 11 is 0. The molecule has 0 spiro atoms. The second kappa shape index (κ2) is 13.0. The lowest BCUT2D eigenvalue weighted by Gasteiger charge is -2.31. The average Bonchev–Trinajstić information content (AvgIpc) is 3.53. The minimum Gasteiger partial charge on any atom is -0.443 e. The number of nitrogens with one attached hydrogen (secondary N) is 1. The number of benzene rings is 2. The number of nitrogens with zero attached hydrogens (tertiary/aromatic N) is 2. The van der Waals surface area contributed by atoms with Crippen LogP contribution in [-0.2, 0) is 30.7 Å². The Balaban J connectivity index is 1.51. The van der Waals surface area contributed by atoms with Crippen LogP contribution in [0.5, 0.6) is 0 Å². The van der Waals surface area contributed by atoms with Crippen LogP contribution in [0.3, 0.4) is 0 Å². The number of amides is 1. The lowest BCUT2D eigenvalue weighted by Crippen LogP contribution is -2.51. The third-order valence-electron chi connectivity index (χ3n) is 6.95. The summed E-state index contributed by atoms with van der Waals surface area (Å²) in [5, 5.41) is 25.1. The highest BCUT2D eigenvalue weighted by molar-refractivity contribution is 7.89. The molecule has 13 heteroatoms. The van der Waals surface area contributed by atoms with Gasteiger partial charge in [-0.2, -0.15) is 4.31 Å². The van der Waals surface area contributed by atoms with Crippen molar-refractivity contribution in [2.45, 2.75) is 56.1 Å². The molecule has 2 N–H and O–H groups in total. The zero-order valence-corrected chi connectivity index (χ0v) is 23.2. The van der Waals surface area contributed by atoms with E-state index in [0.717, 1.165) is 22.0 Å². The molecule has 12 nitrogen and oxygen atoms in total. The van der Waals surface area contributed by atoms with E-state index in [1.165, 1.54) is 12.1 Å². The zero-order valence-electron chi connectivity index (χ0n) is 22.4. The Hall–Kier alpha value is -3.10. The monoisotopic (exact) mass is 577 g/mol. The van der Waals surface area contributed by atoms with Gasteiger partial charge in [0.25, 0.3) is 5.69 Å². The molecule has 0 aliphatic carbocycles. The minimum atomic E-state index is -4.12. The van der Waals surface area contributed by atoms with Gasteiger partial charge in [0.2, 0.25) is 10.0 Å². The first-order chi connectivity index (χ1) is 19.0. The number of carbonyl (C=O) groups excluding carboxylic acids is 1. The number of sulfonamides is 1. The predicted molar refractivity (Wildman–Crippen MR) is 144 cm³/mol. The molecule has 218 valence electrons. The maximum atomic E-state index is 13.5. The van der Waals surface area contributed by atoms with E-state index in [4.69, 9.17) is 14.2 Å². The molecular weight excluding hydrogens is 542 g/mol. The van der Waals surface area contributed by atoms with Crippen molar-refractivity contribution in [1.29, 1.82) is 0 Å². The van der Waals surface area contributed by atoms with E-state index < -0.39 is 45.6 Å². The number of carbonyl (C=O) groups is 1. The van der Waals surface area contributed by atoms with E-state index in [-0.39, 0.29) is 48.5 Å². The van der Waals surface area contributed by atoms with Gasteiger partial charge in [0, 0.05) is 25.2 Å². The largest absolute Gasteiger partial charge is 0.443 e. The van der Waals surface area contributed by atoms with Crippen LogP contribution in [0.15, 0.2) is 59.5 Å². The second-order valence-corrected chi connectivity index (χ2v) is 12.4. The summed E-state index contributed by atoms with van der Waals surface area (Å²) in [5.74, 6) is -0.147. The van der Waals surface area contributed by atoms with Crippen LogP contribution in [0.2, 0.25) is 0 Å². The summed E-state index contributed by atoms with van der Waals surface area (Å²) < 4.78 is 44.8. The summed E-state index contributed by atoms with van der Waals surface area (Å²) in [6.45, 7) is 4.18. The van der Waals surface area contributed by atoms with Crippen molar-refractivity contribution < 1.29 is 37.5 Å². The van der Waals surface area contributed by atoms with Crippen molar-refractivity contribution in [1.82, 2.24) is 9.62 Å². The zero-order chi connectivity index (χ0) is 28.9. The van der Waals surface area contributed by atoms with Crippen molar-refractivity contribution in [2.24, 2.45) is 11.8 Å². The van der Waals surface area contributed by atoms with Crippen LogP contribution in [0.25, 0.3) is 0 Å². The molecule has 40 heavy (non-hydrogen) atoms. The Bertz CT molecular complexity index is 1260. The van der Waals surface area contributed by atoms with Gasteiger partial charge in [-0.1, -0.05) is 44.2 Å². The Morgan fingerprint density at radius 2 is 1.85 bits per heavy atom. The van der Waals surface area contributed by atoms with Gasteiger partial charge in [0.05, 0.1) is 41.1 Å². The number of hydrogen-bond acceptors (Lipinski definition) is 9. The highest BCUT2D eigenvalue weighted by Gasteiger charge is 2.44. The fourth-order valence-corrected chi connectivity index (χ4v) is 6.55. The summed E-state index contributed by atoms with van der Waals surface area (Å²) in [5.41, 5.74) is 0.595. The lowest BCUT2D eigenvalue weighted by molar-refractivity contribution is -0.384. The molecule has 2 saturated heterocycles. The van der Waals surface area contributed by atoms with Crippen LogP contribution < -0.4 is 5.32 Å². The van der Waals surface area contributed by atoms with E-state index in [9.17, 15) is 28.4 Å². The van der Waals surface area contributed by atoms with Gasteiger partial charge in [0.15, 0.2) is 6.29 Å². The van der Waals surface area contributed by atoms with Crippen molar-refractivity contribution in [3.63, 3.8) is 0 Å². The molecule has 2 aliphatic rings. The Kier molecular flexibility index (Phi) is 9.74. The summed E-state index contributed by atoms with van der Waals surface area (Å²) in [7, 11) is -4.12. The van der Waals surface area contributed by atoms with Crippen LogP contribution >= 0.6 is 0 Å². The molecule has 5 atom stereocenters. The van der Waals surface area contributed by atoms with Crippen LogP contribution in [-0.4, -0.2) is 79.7 Å². The fourth-order valence-electron chi connectivity index (χ4n) is 4.92. The van der Waals surface area contributed by atoms with Crippen LogP contribution in [0.4, 0.5) is 10.5 Å². The molecule has 0 saturated carbocycles. The third kappa shape index (κ3) is 7.34. The molecule has 2 heterocycles. The molecule has 4 rings (SSSR count).